The van der Waals surface area contributed by atoms with Crippen LogP contribution in [0.5, 0.6) is 0 Å². The van der Waals surface area contributed by atoms with E-state index in [0.29, 0.717) is 58.7 Å². The van der Waals surface area contributed by atoms with E-state index in [1.54, 1.807) is 0 Å². The van der Waals surface area contributed by atoms with Crippen LogP contribution in [0.1, 0.15) is 0 Å². The lowest BCUT2D eigenvalue weighted by atomic mass is 10.0. The highest BCUT2D eigenvalue weighted by atomic mass is 32.1. The summed E-state index contributed by atoms with van der Waals surface area (Å²) in [7, 11) is 0. The minimum absolute atomic E-state index is 0.513. The Morgan fingerprint density at radius 3 is 0.884 bits per heavy atom. The third-order valence-electron chi connectivity index (χ3n) is 25.8. The Labute approximate surface area is 793 Å². The SMILES string of the molecule is c1ccc(-c2ccc3c(c2)c2c4sc5ccccc5c4ccc2n3-c2nccc(-c3ccccc3)n2)cc1.c1ccc(-c2nc(-c3ccccc3)nc(-n3c4ccccc4c4ccc5c6ccccc6n(-c6ccccn6)c5c43)n2)cc1.c1ccc(-c2nc(-c3ccccc3)nc(-n3c4ccccc4c4ccc5c6ccccc6n(-c6nc(-c7ccccc7)nc(-c7ccccc7)n6)c5c43)n2)cc1. The van der Waals surface area contributed by atoms with E-state index in [2.05, 4.69) is 247 Å². The standard InChI is InChI=1S/C48H30N8.C38H24N6.C34H21N3S/c1-5-17-31(18-6-1)43-49-44(32-19-7-2-8-20-32)52-47(51-43)55-39-27-15-13-25-35(39)37-29-30-38-36-26-14-16-28-40(36)56(42(38)41(37)55)48-53-45(33-21-9-3-10-22-33)50-46(54-48)34-23-11-4-12-24-34;1-3-13-25(14-4-1)36-40-37(26-15-5-2-6-16-26)42-38(41-36)44-32-20-10-8-18-28(32)30-23-22-29-27-17-7-9-19-31(27)43(34(29)35(30)44)33-21-11-12-24-39-33;1-3-9-22(10-4-1)24-15-17-29-27(21-24)32-30(18-16-26-25-13-7-8-14-31(25)38-33(26)32)37(29)34-35-20-19-28(36-34)23-11-5-2-6-12-23/h1-30H;1-24H;1-21H. The van der Waals surface area contributed by atoms with Crippen molar-refractivity contribution in [3.8, 4) is 120 Å². The minimum atomic E-state index is 0.513. The van der Waals surface area contributed by atoms with Gasteiger partial charge in [-0.1, -0.05) is 376 Å². The minimum Gasteiger partial charge on any atom is -0.292 e. The van der Waals surface area contributed by atoms with Crippen LogP contribution < -0.4 is 0 Å². The number of fused-ring (bicyclic) bond motifs is 21. The van der Waals surface area contributed by atoms with E-state index < -0.39 is 0 Å². The molecule has 11 heterocycles. The number of nitrogens with zero attached hydrogens (tertiary/aromatic N) is 17. The maximum absolute atomic E-state index is 5.23. The molecule has 0 bridgehead atoms. The summed E-state index contributed by atoms with van der Waals surface area (Å²) in [6, 6.07) is 152. The Morgan fingerprint density at radius 1 is 0.174 bits per heavy atom. The highest BCUT2D eigenvalue weighted by Gasteiger charge is 2.29. The number of benzene rings is 17. The van der Waals surface area contributed by atoms with Gasteiger partial charge in [0.25, 0.3) is 0 Å². The van der Waals surface area contributed by atoms with Crippen molar-refractivity contribution in [1.29, 1.82) is 0 Å². The fraction of sp³-hybridized carbons (Fsp3) is 0. The van der Waals surface area contributed by atoms with Crippen molar-refractivity contribution < 1.29 is 0 Å². The van der Waals surface area contributed by atoms with Gasteiger partial charge in [0, 0.05) is 125 Å². The molecule has 11 aromatic heterocycles. The summed E-state index contributed by atoms with van der Waals surface area (Å²) in [4.78, 5) is 60.8. The third-order valence-corrected chi connectivity index (χ3v) is 27.0. The summed E-state index contributed by atoms with van der Waals surface area (Å²) in [6.45, 7) is 0. The number of pyridine rings is 1. The van der Waals surface area contributed by atoms with Crippen molar-refractivity contribution in [2.75, 3.05) is 0 Å². The first kappa shape index (κ1) is 80.1. The zero-order valence-electron chi connectivity index (χ0n) is 73.8. The second-order valence-corrected chi connectivity index (χ2v) is 34.9. The van der Waals surface area contributed by atoms with Crippen molar-refractivity contribution in [2.24, 2.45) is 0 Å². The Bertz CT molecular complexity index is 9180. The lowest BCUT2D eigenvalue weighted by molar-refractivity contribution is 0.941. The van der Waals surface area contributed by atoms with Crippen LogP contribution >= 0.6 is 11.3 Å². The molecule has 0 aliphatic rings. The van der Waals surface area contributed by atoms with Crippen LogP contribution in [-0.2, 0) is 0 Å². The molecule has 0 N–H and O–H groups in total. The lowest BCUT2D eigenvalue weighted by Crippen LogP contribution is -2.09. The molecule has 0 aliphatic heterocycles. The van der Waals surface area contributed by atoms with Gasteiger partial charge in [-0.2, -0.15) is 29.9 Å². The van der Waals surface area contributed by atoms with Crippen LogP contribution in [0.4, 0.5) is 0 Å². The van der Waals surface area contributed by atoms with Gasteiger partial charge in [0.15, 0.2) is 34.9 Å². The van der Waals surface area contributed by atoms with Crippen LogP contribution in [0.2, 0.25) is 0 Å². The highest BCUT2D eigenvalue weighted by Crippen LogP contribution is 2.48. The third kappa shape index (κ3) is 13.8. The molecule has 28 rings (SSSR count). The summed E-state index contributed by atoms with van der Waals surface area (Å²) in [5.41, 5.74) is 20.1. The molecule has 17 nitrogen and oxygen atoms in total. The van der Waals surface area contributed by atoms with E-state index in [1.807, 2.05) is 242 Å². The predicted molar refractivity (Wildman–Crippen MR) is 561 cm³/mol. The maximum Gasteiger partial charge on any atom is 0.238 e. The van der Waals surface area contributed by atoms with Crippen LogP contribution in [-0.4, -0.2) is 82.6 Å². The Balaban J connectivity index is 0.000000109. The van der Waals surface area contributed by atoms with Crippen LogP contribution in [0.25, 0.3) is 250 Å². The first-order valence-corrected chi connectivity index (χ1v) is 46.6. The second kappa shape index (κ2) is 33.8. The van der Waals surface area contributed by atoms with Crippen LogP contribution in [0.3, 0.4) is 0 Å². The van der Waals surface area contributed by atoms with E-state index >= 15 is 0 Å². The van der Waals surface area contributed by atoms with Crippen LogP contribution in [0.15, 0.2) is 455 Å². The Hall–Kier alpha value is -18.8. The summed E-state index contributed by atoms with van der Waals surface area (Å²) < 4.78 is 13.6. The lowest BCUT2D eigenvalue weighted by Gasteiger charge is -2.13. The molecular formula is C120H75N17S. The summed E-state index contributed by atoms with van der Waals surface area (Å²) in [5, 5.41) is 13.9. The van der Waals surface area contributed by atoms with Gasteiger partial charge in [-0.05, 0) is 77.9 Å². The first-order chi connectivity index (χ1) is 68.5. The molecule has 0 saturated carbocycles. The Morgan fingerprint density at radius 2 is 0.493 bits per heavy atom. The normalized spacial score (nSPS) is 11.6. The molecule has 138 heavy (non-hydrogen) atoms. The van der Waals surface area contributed by atoms with Gasteiger partial charge < -0.3 is 0 Å². The van der Waals surface area contributed by atoms with Gasteiger partial charge in [-0.3, -0.25) is 22.8 Å². The number of aromatic nitrogens is 17. The molecule has 0 unspecified atom stereocenters. The molecule has 0 fully saturated rings. The van der Waals surface area contributed by atoms with Gasteiger partial charge in [0.05, 0.1) is 60.9 Å². The quantitative estimate of drug-likeness (QED) is 0.107. The molecule has 0 atom stereocenters. The molecule has 0 amide bonds. The maximum atomic E-state index is 5.23. The number of hydrogen-bond donors (Lipinski definition) is 0. The van der Waals surface area contributed by atoms with Gasteiger partial charge in [0.2, 0.25) is 23.8 Å². The summed E-state index contributed by atoms with van der Waals surface area (Å²) in [6.07, 6.45) is 3.70. The fourth-order valence-corrected chi connectivity index (χ4v) is 20.8. The van der Waals surface area contributed by atoms with Crippen LogP contribution in [0, 0.1) is 0 Å². The zero-order valence-corrected chi connectivity index (χ0v) is 74.6. The summed E-state index contributed by atoms with van der Waals surface area (Å²) in [5.74, 6) is 6.72. The number of hydrogen-bond acceptors (Lipinski definition) is 13. The van der Waals surface area contributed by atoms with E-state index in [1.165, 1.54) is 42.1 Å². The van der Waals surface area contributed by atoms with Crippen molar-refractivity contribution >= 4 is 141 Å². The average molecular weight is 1790 g/mol. The van der Waals surface area contributed by atoms with Gasteiger partial charge in [0.1, 0.15) is 5.82 Å². The molecule has 28 aromatic rings. The molecule has 646 valence electrons. The van der Waals surface area contributed by atoms with Gasteiger partial charge in [-0.25, -0.2) is 29.9 Å². The summed E-state index contributed by atoms with van der Waals surface area (Å²) >= 11 is 1.86. The van der Waals surface area contributed by atoms with E-state index in [0.717, 1.165) is 149 Å². The monoisotopic (exact) mass is 1790 g/mol. The van der Waals surface area contributed by atoms with E-state index in [-0.39, 0.29) is 0 Å². The van der Waals surface area contributed by atoms with E-state index in [9.17, 15) is 0 Å². The Kier molecular flexibility index (Phi) is 19.6. The molecule has 0 saturated heterocycles. The van der Waals surface area contributed by atoms with Gasteiger partial charge in [-0.15, -0.1) is 11.3 Å². The molecular weight excluding hydrogens is 1710 g/mol. The number of para-hydroxylation sites is 4. The van der Waals surface area contributed by atoms with Crippen molar-refractivity contribution in [3.05, 3.63) is 455 Å². The average Bonchev–Trinajstić information content (AvgIpc) is 1.54. The second-order valence-electron chi connectivity index (χ2n) is 33.8. The molecule has 0 aliphatic carbocycles. The van der Waals surface area contributed by atoms with Crippen molar-refractivity contribution in [1.82, 2.24) is 82.6 Å². The predicted octanol–water partition coefficient (Wildman–Crippen LogP) is 29.0. The molecule has 18 heteroatoms. The molecule has 0 spiro atoms. The smallest absolute Gasteiger partial charge is 0.238 e. The van der Waals surface area contributed by atoms with Crippen molar-refractivity contribution in [3.63, 3.8) is 0 Å². The largest absolute Gasteiger partial charge is 0.292 e. The fourth-order valence-electron chi connectivity index (χ4n) is 19.6. The van der Waals surface area contributed by atoms with E-state index in [4.69, 9.17) is 59.8 Å². The van der Waals surface area contributed by atoms with Gasteiger partial charge >= 0.3 is 0 Å². The zero-order chi connectivity index (χ0) is 91.1. The molecule has 0 radical (unpaired) electrons. The number of thiophene rings is 1. The van der Waals surface area contributed by atoms with Crippen molar-refractivity contribution in [2.45, 2.75) is 0 Å². The first-order valence-electron chi connectivity index (χ1n) is 45.8. The topological polar surface area (TPSA) is 179 Å². The molecule has 17 aromatic carbocycles. The highest BCUT2D eigenvalue weighted by molar-refractivity contribution is 7.26. The number of rotatable bonds is 13.